The van der Waals surface area contributed by atoms with E-state index in [9.17, 15) is 0 Å². The van der Waals surface area contributed by atoms with Crippen LogP contribution in [0.5, 0.6) is 0 Å². The van der Waals surface area contributed by atoms with Crippen LogP contribution in [0.15, 0.2) is 12.3 Å². The van der Waals surface area contributed by atoms with E-state index in [0.717, 1.165) is 25.4 Å². The zero-order valence-electron chi connectivity index (χ0n) is 10.2. The summed E-state index contributed by atoms with van der Waals surface area (Å²) in [6.45, 7) is 6.69. The fourth-order valence-electron chi connectivity index (χ4n) is 1.70. The smallest absolute Gasteiger partial charge is 0.0637 e. The Morgan fingerprint density at radius 1 is 1.40 bits per heavy atom. The number of nitrogens with zero attached hydrogens (tertiary/aromatic N) is 2. The highest BCUT2D eigenvalue weighted by Crippen LogP contribution is 2.04. The summed E-state index contributed by atoms with van der Waals surface area (Å²) >= 11 is 0. The molecule has 1 rings (SSSR count). The molecule has 0 bridgehead atoms. The van der Waals surface area contributed by atoms with E-state index >= 15 is 0 Å². The lowest BCUT2D eigenvalue weighted by Crippen LogP contribution is -2.24. The van der Waals surface area contributed by atoms with Gasteiger partial charge < -0.3 is 5.32 Å². The molecule has 0 aliphatic rings. The van der Waals surface area contributed by atoms with Crippen LogP contribution in [0.1, 0.15) is 32.4 Å². The number of hydrogen-bond acceptors (Lipinski definition) is 2. The van der Waals surface area contributed by atoms with E-state index in [1.165, 1.54) is 18.5 Å². The molecule has 0 saturated carbocycles. The lowest BCUT2D eigenvalue weighted by molar-refractivity contribution is 0.451. The van der Waals surface area contributed by atoms with Crippen LogP contribution >= 0.6 is 0 Å². The molecule has 1 N–H and O–H groups in total. The number of aryl methyl sites for hydroxylation is 1. The first-order valence-corrected chi connectivity index (χ1v) is 5.95. The molecule has 0 aromatic carbocycles. The summed E-state index contributed by atoms with van der Waals surface area (Å²) in [6.07, 6.45) is 5.57. The molecular weight excluding hydrogens is 186 g/mol. The van der Waals surface area contributed by atoms with Crippen LogP contribution in [-0.2, 0) is 13.5 Å². The molecule has 0 fully saturated rings. The lowest BCUT2D eigenvalue weighted by atomic mass is 10.0. The fraction of sp³-hybridized carbons (Fsp3) is 0.750. The largest absolute Gasteiger partial charge is 0.316 e. The average molecular weight is 209 g/mol. The van der Waals surface area contributed by atoms with Crippen molar-refractivity contribution in [3.63, 3.8) is 0 Å². The molecule has 0 radical (unpaired) electrons. The second-order valence-electron chi connectivity index (χ2n) is 4.12. The normalized spacial score (nSPS) is 11.2. The predicted octanol–water partition coefficient (Wildman–Crippen LogP) is 1.99. The van der Waals surface area contributed by atoms with Crippen molar-refractivity contribution in [1.29, 1.82) is 0 Å². The van der Waals surface area contributed by atoms with Gasteiger partial charge in [-0.3, -0.25) is 4.68 Å². The van der Waals surface area contributed by atoms with Crippen molar-refractivity contribution in [2.45, 2.75) is 33.1 Å². The maximum absolute atomic E-state index is 4.34. The summed E-state index contributed by atoms with van der Waals surface area (Å²) in [5.74, 6) is 0.828. The summed E-state index contributed by atoms with van der Waals surface area (Å²) in [5, 5.41) is 7.84. The van der Waals surface area contributed by atoms with E-state index in [2.05, 4.69) is 30.3 Å². The van der Waals surface area contributed by atoms with Gasteiger partial charge in [0.1, 0.15) is 0 Å². The van der Waals surface area contributed by atoms with E-state index in [4.69, 9.17) is 0 Å². The Morgan fingerprint density at radius 2 is 2.13 bits per heavy atom. The minimum Gasteiger partial charge on any atom is -0.316 e. The topological polar surface area (TPSA) is 29.9 Å². The minimum absolute atomic E-state index is 0.828. The van der Waals surface area contributed by atoms with E-state index in [1.807, 2.05) is 17.9 Å². The molecule has 15 heavy (non-hydrogen) atoms. The third-order valence-electron chi connectivity index (χ3n) is 2.91. The van der Waals surface area contributed by atoms with Crippen molar-refractivity contribution in [1.82, 2.24) is 15.1 Å². The molecule has 0 spiro atoms. The number of nitrogens with one attached hydrogen (secondary N) is 1. The average Bonchev–Trinajstić information content (AvgIpc) is 2.65. The quantitative estimate of drug-likeness (QED) is 0.696. The molecule has 86 valence electrons. The highest BCUT2D eigenvalue weighted by molar-refractivity contribution is 4.98. The number of hydrogen-bond donors (Lipinski definition) is 1. The van der Waals surface area contributed by atoms with Gasteiger partial charge in [0.2, 0.25) is 0 Å². The third-order valence-corrected chi connectivity index (χ3v) is 2.91. The van der Waals surface area contributed by atoms with Crippen molar-refractivity contribution in [2.24, 2.45) is 13.0 Å². The Morgan fingerprint density at radius 3 is 2.67 bits per heavy atom. The molecule has 3 nitrogen and oxygen atoms in total. The Bertz CT molecular complexity index is 264. The molecule has 1 aromatic rings. The van der Waals surface area contributed by atoms with Crippen LogP contribution in [-0.4, -0.2) is 22.9 Å². The van der Waals surface area contributed by atoms with Crippen molar-refractivity contribution in [2.75, 3.05) is 13.1 Å². The van der Waals surface area contributed by atoms with E-state index in [1.54, 1.807) is 0 Å². The van der Waals surface area contributed by atoms with Crippen LogP contribution in [0.25, 0.3) is 0 Å². The Balaban J connectivity index is 2.11. The Kier molecular flexibility index (Phi) is 5.40. The van der Waals surface area contributed by atoms with Gasteiger partial charge in [-0.1, -0.05) is 26.7 Å². The monoisotopic (exact) mass is 209 g/mol. The van der Waals surface area contributed by atoms with Crippen LogP contribution in [0.4, 0.5) is 0 Å². The molecule has 0 atom stereocenters. The zero-order chi connectivity index (χ0) is 11.1. The molecule has 0 unspecified atom stereocenters. The maximum Gasteiger partial charge on any atom is 0.0637 e. The standard InChI is InChI=1S/C12H23N3/c1-4-11(5-2)10-13-8-6-12-7-9-15(3)14-12/h7,9,11,13H,4-6,8,10H2,1-3H3. The summed E-state index contributed by atoms with van der Waals surface area (Å²) in [4.78, 5) is 0. The minimum atomic E-state index is 0.828. The molecular formula is C12H23N3. The Labute approximate surface area is 92.9 Å². The molecule has 3 heteroatoms. The van der Waals surface area contributed by atoms with Gasteiger partial charge in [0, 0.05) is 26.2 Å². The van der Waals surface area contributed by atoms with Gasteiger partial charge in [-0.25, -0.2) is 0 Å². The lowest BCUT2D eigenvalue weighted by Gasteiger charge is -2.12. The summed E-state index contributed by atoms with van der Waals surface area (Å²) in [6, 6.07) is 2.08. The van der Waals surface area contributed by atoms with E-state index in [0.29, 0.717) is 0 Å². The van der Waals surface area contributed by atoms with Crippen LogP contribution in [0.2, 0.25) is 0 Å². The van der Waals surface area contributed by atoms with Gasteiger partial charge in [0.05, 0.1) is 5.69 Å². The summed E-state index contributed by atoms with van der Waals surface area (Å²) < 4.78 is 1.86. The van der Waals surface area contributed by atoms with E-state index < -0.39 is 0 Å². The Hall–Kier alpha value is -0.830. The molecule has 0 aliphatic heterocycles. The second-order valence-corrected chi connectivity index (χ2v) is 4.12. The van der Waals surface area contributed by atoms with Crippen molar-refractivity contribution in [3.8, 4) is 0 Å². The summed E-state index contributed by atoms with van der Waals surface area (Å²) in [5.41, 5.74) is 1.18. The summed E-state index contributed by atoms with van der Waals surface area (Å²) in [7, 11) is 1.96. The van der Waals surface area contributed by atoms with Crippen molar-refractivity contribution >= 4 is 0 Å². The first-order chi connectivity index (χ1) is 7.26. The second kappa shape index (κ2) is 6.62. The third kappa shape index (κ3) is 4.47. The first kappa shape index (κ1) is 12.2. The SMILES string of the molecule is CCC(CC)CNCCc1ccn(C)n1. The number of rotatable bonds is 7. The van der Waals surface area contributed by atoms with Gasteiger partial charge in [-0.05, 0) is 18.5 Å². The van der Waals surface area contributed by atoms with Gasteiger partial charge in [-0.15, -0.1) is 0 Å². The highest BCUT2D eigenvalue weighted by Gasteiger charge is 2.02. The molecule has 1 heterocycles. The van der Waals surface area contributed by atoms with Crippen LogP contribution < -0.4 is 5.32 Å². The molecule has 0 saturated heterocycles. The highest BCUT2D eigenvalue weighted by atomic mass is 15.2. The maximum atomic E-state index is 4.34. The van der Waals surface area contributed by atoms with Gasteiger partial charge in [0.25, 0.3) is 0 Å². The molecule has 1 aromatic heterocycles. The molecule has 0 amide bonds. The van der Waals surface area contributed by atoms with Crippen LogP contribution in [0, 0.1) is 5.92 Å². The fourth-order valence-corrected chi connectivity index (χ4v) is 1.70. The van der Waals surface area contributed by atoms with Crippen LogP contribution in [0.3, 0.4) is 0 Å². The van der Waals surface area contributed by atoms with E-state index in [-0.39, 0.29) is 0 Å². The van der Waals surface area contributed by atoms with Gasteiger partial charge in [0.15, 0.2) is 0 Å². The predicted molar refractivity (Wildman–Crippen MR) is 63.9 cm³/mol. The first-order valence-electron chi connectivity index (χ1n) is 5.95. The molecule has 0 aliphatic carbocycles. The number of aromatic nitrogens is 2. The van der Waals surface area contributed by atoms with Gasteiger partial charge in [-0.2, -0.15) is 5.10 Å². The van der Waals surface area contributed by atoms with Gasteiger partial charge >= 0.3 is 0 Å². The van der Waals surface area contributed by atoms with Crippen molar-refractivity contribution in [3.05, 3.63) is 18.0 Å². The zero-order valence-corrected chi connectivity index (χ0v) is 10.2. The van der Waals surface area contributed by atoms with Crippen molar-refractivity contribution < 1.29 is 0 Å².